The summed E-state index contributed by atoms with van der Waals surface area (Å²) >= 11 is 0. The number of anilines is 1. The molecule has 2 aliphatic heterocycles. The number of nitrogens with one attached hydrogen (secondary N) is 1. The van der Waals surface area contributed by atoms with Crippen LogP contribution in [0.15, 0.2) is 95.0 Å². The number of rotatable bonds is 7. The van der Waals surface area contributed by atoms with Crippen LogP contribution in [-0.4, -0.2) is 57.8 Å². The third-order valence-corrected chi connectivity index (χ3v) is 7.22. The van der Waals surface area contributed by atoms with Crippen LogP contribution in [0, 0.1) is 0 Å². The van der Waals surface area contributed by atoms with Crippen molar-refractivity contribution in [1.82, 2.24) is 14.1 Å². The average molecular weight is 523 g/mol. The molecule has 1 unspecified atom stereocenters. The van der Waals surface area contributed by atoms with Crippen molar-refractivity contribution in [3.63, 3.8) is 0 Å². The molecule has 0 saturated carbocycles. The molecule has 0 saturated heterocycles. The zero-order chi connectivity index (χ0) is 27.1. The minimum atomic E-state index is -0.249. The van der Waals surface area contributed by atoms with Crippen LogP contribution in [-0.2, 0) is 13.6 Å². The molecular weight excluding hydrogens is 494 g/mol. The van der Waals surface area contributed by atoms with Gasteiger partial charge in [0, 0.05) is 24.8 Å². The fourth-order valence-electron chi connectivity index (χ4n) is 5.15. The number of benzene rings is 2. The summed E-state index contributed by atoms with van der Waals surface area (Å²) in [6.45, 7) is 0.577. The molecule has 196 valence electrons. The Morgan fingerprint density at radius 2 is 1.95 bits per heavy atom. The second-order valence-electron chi connectivity index (χ2n) is 9.50. The number of quaternary nitrogens is 1. The molecule has 0 radical (unpaired) electrons. The number of aryl methyl sites for hydroxylation is 1. The molecule has 10 heteroatoms. The van der Waals surface area contributed by atoms with Crippen molar-refractivity contribution >= 4 is 34.5 Å². The van der Waals surface area contributed by atoms with E-state index in [1.807, 2.05) is 77.3 Å². The number of hydrogen-bond donors (Lipinski definition) is 1. The Morgan fingerprint density at radius 3 is 2.72 bits per heavy atom. The molecule has 4 aromatic rings. The van der Waals surface area contributed by atoms with Gasteiger partial charge in [-0.25, -0.2) is 9.47 Å². The molecule has 10 nitrogen and oxygen atoms in total. The van der Waals surface area contributed by atoms with E-state index in [1.165, 1.54) is 0 Å². The molecule has 0 bridgehead atoms. The lowest BCUT2D eigenvalue weighted by atomic mass is 10.1. The summed E-state index contributed by atoms with van der Waals surface area (Å²) in [5.41, 5.74) is 4.75. The number of fused-ring (bicyclic) bond motifs is 2. The van der Waals surface area contributed by atoms with Gasteiger partial charge in [0.05, 0.1) is 63.3 Å². The number of amides is 1. The van der Waals surface area contributed by atoms with E-state index in [4.69, 9.17) is 14.5 Å². The number of methoxy groups -OCH3 is 2. The average Bonchev–Trinajstić information content (AvgIpc) is 3.66. The normalized spacial score (nSPS) is 17.9. The van der Waals surface area contributed by atoms with Crippen LogP contribution in [0.3, 0.4) is 0 Å². The standard InChI is InChI=1S/C29H27N7O3/c1-34-23-6-5-7-26(38-3)20(23)15-24(34)29(37)33-21-9-8-19(14-27(21)39-4)28-32-22(17-35-12-10-31-18-35)25-16-30-11-13-36(25,28)2/h5-16,18H,17H2,1-4H3/p+1. The van der Waals surface area contributed by atoms with Gasteiger partial charge in [0.25, 0.3) is 5.91 Å². The number of carbonyl (C=O) groups is 1. The molecule has 1 amide bonds. The molecule has 1 N–H and O–H groups in total. The number of allylic oxidation sites excluding steroid dienone is 2. The zero-order valence-corrected chi connectivity index (χ0v) is 22.1. The number of hydrogen-bond acceptors (Lipinski definition) is 6. The first kappa shape index (κ1) is 24.4. The first-order chi connectivity index (χ1) is 18.9. The van der Waals surface area contributed by atoms with Crippen molar-refractivity contribution in [3.8, 4) is 11.5 Å². The van der Waals surface area contributed by atoms with Crippen LogP contribution in [0.1, 0.15) is 16.1 Å². The van der Waals surface area contributed by atoms with Gasteiger partial charge in [0.15, 0.2) is 5.70 Å². The van der Waals surface area contributed by atoms with Gasteiger partial charge in [-0.3, -0.25) is 9.79 Å². The number of ether oxygens (including phenoxy) is 2. The third kappa shape index (κ3) is 4.02. The number of imidazole rings is 1. The van der Waals surface area contributed by atoms with E-state index in [2.05, 4.69) is 22.3 Å². The Kier molecular flexibility index (Phi) is 5.88. The summed E-state index contributed by atoms with van der Waals surface area (Å²) in [5.74, 6) is 1.83. The molecule has 0 aliphatic carbocycles. The lowest BCUT2D eigenvalue weighted by Gasteiger charge is -2.28. The van der Waals surface area contributed by atoms with Crippen LogP contribution in [0.4, 0.5) is 5.69 Å². The smallest absolute Gasteiger partial charge is 0.272 e. The molecule has 1 atom stereocenters. The van der Waals surface area contributed by atoms with Crippen molar-refractivity contribution in [1.29, 1.82) is 0 Å². The third-order valence-electron chi connectivity index (χ3n) is 7.22. The van der Waals surface area contributed by atoms with E-state index in [0.29, 0.717) is 28.2 Å². The van der Waals surface area contributed by atoms with E-state index in [9.17, 15) is 4.79 Å². The summed E-state index contributed by atoms with van der Waals surface area (Å²) in [4.78, 5) is 26.9. The van der Waals surface area contributed by atoms with Crippen molar-refractivity contribution in [3.05, 3.63) is 96.2 Å². The summed E-state index contributed by atoms with van der Waals surface area (Å²) < 4.78 is 15.4. The Morgan fingerprint density at radius 1 is 1.10 bits per heavy atom. The highest BCUT2D eigenvalue weighted by atomic mass is 16.5. The Bertz CT molecular complexity index is 1730. The van der Waals surface area contributed by atoms with Crippen molar-refractivity contribution in [2.24, 2.45) is 17.0 Å². The molecule has 2 aromatic carbocycles. The minimum absolute atomic E-state index is 0.249. The predicted octanol–water partition coefficient (Wildman–Crippen LogP) is 4.32. The van der Waals surface area contributed by atoms with Crippen LogP contribution >= 0.6 is 0 Å². The van der Waals surface area contributed by atoms with Crippen LogP contribution < -0.4 is 14.8 Å². The first-order valence-electron chi connectivity index (χ1n) is 12.4. The van der Waals surface area contributed by atoms with Gasteiger partial charge in [-0.1, -0.05) is 6.07 Å². The number of nitrogens with zero attached hydrogens (tertiary/aromatic N) is 6. The molecule has 2 aromatic heterocycles. The maximum Gasteiger partial charge on any atom is 0.272 e. The highest BCUT2D eigenvalue weighted by Gasteiger charge is 2.42. The topological polar surface area (TPSA) is 95.0 Å². The highest BCUT2D eigenvalue weighted by molar-refractivity contribution is 6.08. The van der Waals surface area contributed by atoms with Gasteiger partial charge in [0.1, 0.15) is 29.1 Å². The molecule has 2 aliphatic rings. The summed E-state index contributed by atoms with van der Waals surface area (Å²) in [6, 6.07) is 13.3. The quantitative estimate of drug-likeness (QED) is 0.366. The minimum Gasteiger partial charge on any atom is -0.496 e. The summed E-state index contributed by atoms with van der Waals surface area (Å²) in [6.07, 6.45) is 11.1. The van der Waals surface area contributed by atoms with Gasteiger partial charge in [0.2, 0.25) is 5.84 Å². The van der Waals surface area contributed by atoms with Gasteiger partial charge in [-0.05, 0) is 36.4 Å². The molecule has 4 heterocycles. The second kappa shape index (κ2) is 9.41. The Hall–Kier alpha value is -4.96. The second-order valence-corrected chi connectivity index (χ2v) is 9.50. The molecule has 0 fully saturated rings. The van der Waals surface area contributed by atoms with Gasteiger partial charge < -0.3 is 23.9 Å². The fourth-order valence-corrected chi connectivity index (χ4v) is 5.15. The van der Waals surface area contributed by atoms with Crippen LogP contribution in [0.2, 0.25) is 0 Å². The molecular formula is C29H28N7O3+. The van der Waals surface area contributed by atoms with Gasteiger partial charge in [-0.15, -0.1) is 0 Å². The van der Waals surface area contributed by atoms with Crippen molar-refractivity contribution < 1.29 is 18.8 Å². The maximum atomic E-state index is 13.4. The molecule has 0 spiro atoms. The summed E-state index contributed by atoms with van der Waals surface area (Å²) in [7, 11) is 7.15. The fraction of sp³-hybridized carbons (Fsp3) is 0.172. The van der Waals surface area contributed by atoms with Crippen molar-refractivity contribution in [2.75, 3.05) is 26.6 Å². The van der Waals surface area contributed by atoms with Gasteiger partial charge >= 0.3 is 0 Å². The monoisotopic (exact) mass is 522 g/mol. The Labute approximate surface area is 225 Å². The predicted molar refractivity (Wildman–Crippen MR) is 150 cm³/mol. The Balaban J connectivity index is 1.32. The molecule has 6 rings (SSSR count). The first-order valence-corrected chi connectivity index (χ1v) is 12.4. The highest BCUT2D eigenvalue weighted by Crippen LogP contribution is 2.36. The SMILES string of the molecule is COc1cc(C2=NC(Cn3ccnc3)=C3C=NC=C[N+]23C)ccc1NC(=O)c1cc2c(OC)cccc2n1C. The molecule has 39 heavy (non-hydrogen) atoms. The lowest BCUT2D eigenvalue weighted by Crippen LogP contribution is -2.43. The number of aromatic nitrogens is 3. The number of aliphatic imine (C=N–C) groups is 2. The van der Waals surface area contributed by atoms with E-state index in [0.717, 1.165) is 39.4 Å². The summed E-state index contributed by atoms with van der Waals surface area (Å²) in [5, 5.41) is 3.89. The van der Waals surface area contributed by atoms with E-state index in [1.54, 1.807) is 32.9 Å². The zero-order valence-electron chi connectivity index (χ0n) is 22.1. The number of carbonyl (C=O) groups excluding carboxylic acids is 1. The maximum absolute atomic E-state index is 13.4. The van der Waals surface area contributed by atoms with E-state index < -0.39 is 0 Å². The van der Waals surface area contributed by atoms with Gasteiger partial charge in [-0.2, -0.15) is 4.99 Å². The van der Waals surface area contributed by atoms with Crippen LogP contribution in [0.25, 0.3) is 10.9 Å². The van der Waals surface area contributed by atoms with E-state index >= 15 is 0 Å². The van der Waals surface area contributed by atoms with Crippen LogP contribution in [0.5, 0.6) is 11.5 Å². The number of amidine groups is 1. The lowest BCUT2D eigenvalue weighted by molar-refractivity contribution is -0.713. The van der Waals surface area contributed by atoms with Crippen molar-refractivity contribution in [2.45, 2.75) is 6.54 Å². The van der Waals surface area contributed by atoms with E-state index in [-0.39, 0.29) is 5.91 Å². The largest absolute Gasteiger partial charge is 0.496 e.